The van der Waals surface area contributed by atoms with Crippen LogP contribution in [0.5, 0.6) is 0 Å². The van der Waals surface area contributed by atoms with Gasteiger partial charge in [0, 0.05) is 18.7 Å². The summed E-state index contributed by atoms with van der Waals surface area (Å²) in [5, 5.41) is 10.8. The molecule has 0 unspecified atom stereocenters. The van der Waals surface area contributed by atoms with Crippen LogP contribution in [0.4, 0.5) is 10.5 Å². The van der Waals surface area contributed by atoms with Crippen LogP contribution in [0.15, 0.2) is 41.4 Å². The lowest BCUT2D eigenvalue weighted by molar-refractivity contribution is 0.203. The fourth-order valence-electron chi connectivity index (χ4n) is 2.44. The van der Waals surface area contributed by atoms with Gasteiger partial charge in [0.25, 0.3) is 0 Å². The number of urea groups is 1. The molecule has 0 radical (unpaired) electrons. The monoisotopic (exact) mass is 355 g/mol. The van der Waals surface area contributed by atoms with Crippen LogP contribution in [-0.2, 0) is 19.5 Å². The van der Waals surface area contributed by atoms with Crippen molar-refractivity contribution < 1.29 is 9.32 Å². The maximum atomic E-state index is 12.6. The molecule has 0 fully saturated rings. The molecule has 2 aromatic heterocycles. The molecule has 2 heterocycles. The molecule has 0 atom stereocenters. The number of carbonyl (C=O) groups is 1. The van der Waals surface area contributed by atoms with Crippen LogP contribution in [0.2, 0.25) is 0 Å². The zero-order valence-corrected chi connectivity index (χ0v) is 14.8. The van der Waals surface area contributed by atoms with Gasteiger partial charge in [-0.25, -0.2) is 14.5 Å². The average molecular weight is 355 g/mol. The number of amides is 2. The van der Waals surface area contributed by atoms with E-state index in [0.29, 0.717) is 36.9 Å². The van der Waals surface area contributed by atoms with Crippen LogP contribution in [0.25, 0.3) is 0 Å². The van der Waals surface area contributed by atoms with Crippen molar-refractivity contribution in [3.8, 4) is 0 Å². The lowest BCUT2D eigenvalue weighted by Crippen LogP contribution is -2.34. The molecule has 3 aromatic rings. The summed E-state index contributed by atoms with van der Waals surface area (Å²) in [4.78, 5) is 22.3. The predicted molar refractivity (Wildman–Crippen MR) is 94.3 cm³/mol. The van der Waals surface area contributed by atoms with Gasteiger partial charge >= 0.3 is 6.03 Å². The third kappa shape index (κ3) is 4.44. The summed E-state index contributed by atoms with van der Waals surface area (Å²) in [6, 6.07) is 7.40. The molecule has 1 aromatic carbocycles. The van der Waals surface area contributed by atoms with Crippen molar-refractivity contribution in [3.63, 3.8) is 0 Å². The molecular weight excluding hydrogens is 334 g/mol. The minimum absolute atomic E-state index is 0.221. The van der Waals surface area contributed by atoms with Crippen molar-refractivity contribution in [1.82, 2.24) is 29.8 Å². The van der Waals surface area contributed by atoms with Crippen molar-refractivity contribution >= 4 is 11.7 Å². The fraction of sp³-hybridized carbons (Fsp3) is 0.353. The average Bonchev–Trinajstić information content (AvgIpc) is 3.31. The Morgan fingerprint density at radius 3 is 2.92 bits per heavy atom. The molecule has 0 saturated carbocycles. The number of carbonyl (C=O) groups excluding carboxylic acids is 1. The minimum Gasteiger partial charge on any atom is -0.337 e. The van der Waals surface area contributed by atoms with Crippen LogP contribution in [0.1, 0.15) is 31.1 Å². The molecule has 1 N–H and O–H groups in total. The Morgan fingerprint density at radius 2 is 2.23 bits per heavy atom. The van der Waals surface area contributed by atoms with E-state index in [-0.39, 0.29) is 12.6 Å². The number of hydrogen-bond donors (Lipinski definition) is 1. The largest absolute Gasteiger partial charge is 0.337 e. The van der Waals surface area contributed by atoms with Crippen LogP contribution in [0.3, 0.4) is 0 Å². The highest BCUT2D eigenvalue weighted by molar-refractivity contribution is 5.89. The summed E-state index contributed by atoms with van der Waals surface area (Å²) >= 11 is 0. The molecule has 9 heteroatoms. The molecule has 3 rings (SSSR count). The lowest BCUT2D eigenvalue weighted by Gasteiger charge is -2.19. The molecule has 0 aliphatic carbocycles. The quantitative estimate of drug-likeness (QED) is 0.698. The number of benzene rings is 1. The van der Waals surface area contributed by atoms with Crippen LogP contribution in [0, 0.1) is 0 Å². The SMILES string of the molecule is CCc1noc(CN(CC)C(=O)Nc2cccc(Cn3cncn3)c2)n1. The maximum Gasteiger partial charge on any atom is 0.322 e. The minimum atomic E-state index is -0.221. The summed E-state index contributed by atoms with van der Waals surface area (Å²) in [6.45, 7) is 5.23. The van der Waals surface area contributed by atoms with E-state index in [9.17, 15) is 4.79 Å². The summed E-state index contributed by atoms with van der Waals surface area (Å²) in [6.07, 6.45) is 3.84. The number of aryl methyl sites for hydroxylation is 1. The first-order chi connectivity index (χ1) is 12.7. The van der Waals surface area contributed by atoms with Gasteiger partial charge < -0.3 is 14.7 Å². The van der Waals surface area contributed by atoms with Crippen molar-refractivity contribution in [2.75, 3.05) is 11.9 Å². The van der Waals surface area contributed by atoms with Crippen molar-refractivity contribution in [2.45, 2.75) is 33.4 Å². The Morgan fingerprint density at radius 1 is 1.35 bits per heavy atom. The summed E-state index contributed by atoms with van der Waals surface area (Å²) in [7, 11) is 0. The maximum absolute atomic E-state index is 12.6. The number of rotatable bonds is 7. The molecule has 0 aliphatic heterocycles. The second kappa shape index (κ2) is 8.24. The van der Waals surface area contributed by atoms with E-state index in [1.807, 2.05) is 38.1 Å². The van der Waals surface area contributed by atoms with Gasteiger partial charge in [-0.2, -0.15) is 10.1 Å². The van der Waals surface area contributed by atoms with Gasteiger partial charge in [0.15, 0.2) is 5.82 Å². The smallest absolute Gasteiger partial charge is 0.322 e. The van der Waals surface area contributed by atoms with Crippen LogP contribution in [-0.4, -0.2) is 42.4 Å². The zero-order chi connectivity index (χ0) is 18.4. The van der Waals surface area contributed by atoms with E-state index in [1.54, 1.807) is 15.9 Å². The Labute approximate surface area is 151 Å². The third-order valence-corrected chi connectivity index (χ3v) is 3.81. The first-order valence-corrected chi connectivity index (χ1v) is 8.46. The van der Waals surface area contributed by atoms with Crippen molar-refractivity contribution in [3.05, 3.63) is 54.2 Å². The first-order valence-electron chi connectivity index (χ1n) is 8.46. The fourth-order valence-corrected chi connectivity index (χ4v) is 2.44. The van der Waals surface area contributed by atoms with Crippen molar-refractivity contribution in [2.24, 2.45) is 0 Å². The Balaban J connectivity index is 1.63. The van der Waals surface area contributed by atoms with E-state index < -0.39 is 0 Å². The molecular formula is C17H21N7O2. The first kappa shape index (κ1) is 17.6. The Kier molecular flexibility index (Phi) is 5.57. The van der Waals surface area contributed by atoms with Crippen LogP contribution >= 0.6 is 0 Å². The van der Waals surface area contributed by atoms with E-state index in [2.05, 4.69) is 25.5 Å². The molecule has 26 heavy (non-hydrogen) atoms. The van der Waals surface area contributed by atoms with Gasteiger partial charge in [-0.3, -0.25) is 0 Å². The van der Waals surface area contributed by atoms with Gasteiger partial charge in [0.1, 0.15) is 19.2 Å². The van der Waals surface area contributed by atoms with Gasteiger partial charge in [0.2, 0.25) is 5.89 Å². The molecule has 0 bridgehead atoms. The highest BCUT2D eigenvalue weighted by Crippen LogP contribution is 2.13. The van der Waals surface area contributed by atoms with Gasteiger partial charge in [-0.1, -0.05) is 24.2 Å². The number of hydrogen-bond acceptors (Lipinski definition) is 6. The van der Waals surface area contributed by atoms with Gasteiger partial charge in [-0.05, 0) is 24.6 Å². The second-order valence-corrected chi connectivity index (χ2v) is 5.70. The second-order valence-electron chi connectivity index (χ2n) is 5.70. The van der Waals surface area contributed by atoms with Crippen LogP contribution < -0.4 is 5.32 Å². The number of aromatic nitrogens is 5. The van der Waals surface area contributed by atoms with Crippen molar-refractivity contribution in [1.29, 1.82) is 0 Å². The zero-order valence-electron chi connectivity index (χ0n) is 14.8. The number of anilines is 1. The van der Waals surface area contributed by atoms with E-state index in [0.717, 1.165) is 5.56 Å². The molecule has 136 valence electrons. The van der Waals surface area contributed by atoms with E-state index in [1.165, 1.54) is 6.33 Å². The third-order valence-electron chi connectivity index (χ3n) is 3.81. The molecule has 0 saturated heterocycles. The lowest BCUT2D eigenvalue weighted by atomic mass is 10.2. The normalized spacial score (nSPS) is 10.7. The van der Waals surface area contributed by atoms with E-state index in [4.69, 9.17) is 4.52 Å². The molecule has 0 aliphatic rings. The number of nitrogens with zero attached hydrogens (tertiary/aromatic N) is 6. The Hall–Kier alpha value is -3.23. The summed E-state index contributed by atoms with van der Waals surface area (Å²) < 4.78 is 6.89. The van der Waals surface area contributed by atoms with E-state index >= 15 is 0 Å². The molecule has 2 amide bonds. The highest BCUT2D eigenvalue weighted by atomic mass is 16.5. The standard InChI is InChI=1S/C17H21N7O2/c1-3-15-21-16(26-22-15)10-23(4-2)17(25)20-14-7-5-6-13(8-14)9-24-12-18-11-19-24/h5-8,11-12H,3-4,9-10H2,1-2H3,(H,20,25). The Bertz CT molecular complexity index is 844. The van der Waals surface area contributed by atoms with Gasteiger partial charge in [0.05, 0.1) is 6.54 Å². The highest BCUT2D eigenvalue weighted by Gasteiger charge is 2.16. The topological polar surface area (TPSA) is 102 Å². The van der Waals surface area contributed by atoms with Gasteiger partial charge in [-0.15, -0.1) is 0 Å². The number of nitrogens with one attached hydrogen (secondary N) is 1. The molecule has 0 spiro atoms. The summed E-state index contributed by atoms with van der Waals surface area (Å²) in [5.41, 5.74) is 1.73. The predicted octanol–water partition coefficient (Wildman–Crippen LogP) is 2.33. The molecule has 9 nitrogen and oxygen atoms in total. The summed E-state index contributed by atoms with van der Waals surface area (Å²) in [5.74, 6) is 1.07.